The molecule has 0 aromatic carbocycles. The van der Waals surface area contributed by atoms with Crippen LogP contribution in [-0.2, 0) is 9.53 Å². The van der Waals surface area contributed by atoms with Gasteiger partial charge in [0.2, 0.25) is 0 Å². The normalized spacial score (nSPS) is 23.3. The van der Waals surface area contributed by atoms with Crippen molar-refractivity contribution in [1.82, 2.24) is 14.9 Å². The van der Waals surface area contributed by atoms with Crippen LogP contribution >= 0.6 is 0 Å². The fraction of sp³-hybridized carbons (Fsp3) is 0.615. The zero-order chi connectivity index (χ0) is 14.0. The third-order valence-electron chi connectivity index (χ3n) is 3.25. The summed E-state index contributed by atoms with van der Waals surface area (Å²) in [5.74, 6) is 0.816. The first-order chi connectivity index (χ1) is 8.92. The quantitative estimate of drug-likeness (QED) is 0.777. The Morgan fingerprint density at radius 3 is 2.84 bits per heavy atom. The Balaban J connectivity index is 2.19. The van der Waals surface area contributed by atoms with Gasteiger partial charge in [-0.3, -0.25) is 4.79 Å². The largest absolute Gasteiger partial charge is 0.362 e. The molecule has 1 aliphatic heterocycles. The molecule has 104 valence electrons. The monoisotopic (exact) mass is 264 g/mol. The zero-order valence-electron chi connectivity index (χ0n) is 11.9. The van der Waals surface area contributed by atoms with Crippen molar-refractivity contribution in [2.75, 3.05) is 38.7 Å². The lowest BCUT2D eigenvalue weighted by Gasteiger charge is -2.40. The van der Waals surface area contributed by atoms with E-state index in [1.54, 1.807) is 25.3 Å². The summed E-state index contributed by atoms with van der Waals surface area (Å²) in [5, 5.41) is 0. The van der Waals surface area contributed by atoms with Gasteiger partial charge in [-0.25, -0.2) is 9.97 Å². The number of hydrogen-bond acceptors (Lipinski definition) is 5. The van der Waals surface area contributed by atoms with Gasteiger partial charge >= 0.3 is 0 Å². The summed E-state index contributed by atoms with van der Waals surface area (Å²) in [4.78, 5) is 24.2. The third kappa shape index (κ3) is 2.84. The maximum atomic E-state index is 12.2. The van der Waals surface area contributed by atoms with Gasteiger partial charge in [-0.05, 0) is 13.8 Å². The van der Waals surface area contributed by atoms with E-state index in [4.69, 9.17) is 4.74 Å². The molecule has 0 aliphatic carbocycles. The molecule has 19 heavy (non-hydrogen) atoms. The fourth-order valence-corrected chi connectivity index (χ4v) is 2.28. The number of nitrogens with zero attached hydrogens (tertiary/aromatic N) is 4. The molecule has 1 amide bonds. The van der Waals surface area contributed by atoms with E-state index in [0.29, 0.717) is 13.2 Å². The van der Waals surface area contributed by atoms with Crippen molar-refractivity contribution in [3.8, 4) is 0 Å². The molecule has 1 aromatic rings. The highest BCUT2D eigenvalue weighted by molar-refractivity contribution is 5.85. The number of anilines is 1. The molecular formula is C13H20N4O2. The highest BCUT2D eigenvalue weighted by Gasteiger charge is 2.40. The van der Waals surface area contributed by atoms with E-state index >= 15 is 0 Å². The summed E-state index contributed by atoms with van der Waals surface area (Å²) in [6.07, 6.45) is 1.55. The third-order valence-corrected chi connectivity index (χ3v) is 3.25. The number of ether oxygens (including phenoxy) is 1. The molecule has 2 rings (SSSR count). The lowest BCUT2D eigenvalue weighted by atomic mass is 10.0. The predicted molar refractivity (Wildman–Crippen MR) is 72.0 cm³/mol. The Bertz CT molecular complexity index is 477. The Kier molecular flexibility index (Phi) is 3.71. The molecule has 1 saturated heterocycles. The number of amides is 1. The molecule has 2 heterocycles. The van der Waals surface area contributed by atoms with Gasteiger partial charge in [-0.2, -0.15) is 0 Å². The first-order valence-electron chi connectivity index (χ1n) is 6.32. The maximum Gasteiger partial charge on any atom is 0.255 e. The smallest absolute Gasteiger partial charge is 0.255 e. The summed E-state index contributed by atoms with van der Waals surface area (Å²) in [5.41, 5.74) is 0.0952. The van der Waals surface area contributed by atoms with E-state index in [9.17, 15) is 4.79 Å². The number of hydrogen-bond donors (Lipinski definition) is 0. The second-order valence-corrected chi connectivity index (χ2v) is 5.22. The molecule has 1 fully saturated rings. The number of likely N-dealkylation sites (N-methyl/N-ethyl adjacent to an activating group) is 1. The lowest BCUT2D eigenvalue weighted by Crippen LogP contribution is -2.58. The van der Waals surface area contributed by atoms with Gasteiger partial charge in [0.05, 0.1) is 13.2 Å². The molecular weight excluding hydrogens is 244 g/mol. The molecule has 0 N–H and O–H groups in total. The lowest BCUT2D eigenvalue weighted by molar-refractivity contribution is -0.155. The van der Waals surface area contributed by atoms with E-state index < -0.39 is 5.60 Å². The van der Waals surface area contributed by atoms with Crippen molar-refractivity contribution < 1.29 is 9.53 Å². The van der Waals surface area contributed by atoms with Crippen LogP contribution in [0.3, 0.4) is 0 Å². The Hall–Kier alpha value is -1.69. The fourth-order valence-electron chi connectivity index (χ4n) is 2.28. The van der Waals surface area contributed by atoms with Gasteiger partial charge < -0.3 is 14.5 Å². The number of rotatable bonds is 2. The first kappa shape index (κ1) is 13.7. The number of aromatic nitrogens is 2. The van der Waals surface area contributed by atoms with Crippen LogP contribution in [0.15, 0.2) is 12.4 Å². The second kappa shape index (κ2) is 5.13. The van der Waals surface area contributed by atoms with Crippen molar-refractivity contribution >= 4 is 11.7 Å². The van der Waals surface area contributed by atoms with Gasteiger partial charge in [0.15, 0.2) is 5.60 Å². The number of aryl methyl sites for hydroxylation is 1. The van der Waals surface area contributed by atoms with Crippen molar-refractivity contribution in [3.05, 3.63) is 18.1 Å². The van der Waals surface area contributed by atoms with Crippen molar-refractivity contribution in [3.63, 3.8) is 0 Å². The number of carbonyl (C=O) groups excluding carboxylic acids is 1. The Morgan fingerprint density at radius 1 is 1.47 bits per heavy atom. The molecule has 1 atom stereocenters. The van der Waals surface area contributed by atoms with Gasteiger partial charge in [-0.15, -0.1) is 0 Å². The van der Waals surface area contributed by atoms with Gasteiger partial charge in [0, 0.05) is 32.4 Å². The van der Waals surface area contributed by atoms with Crippen LogP contribution in [0.2, 0.25) is 0 Å². The van der Waals surface area contributed by atoms with E-state index in [1.165, 1.54) is 0 Å². The van der Waals surface area contributed by atoms with Gasteiger partial charge in [0.1, 0.15) is 12.1 Å². The summed E-state index contributed by atoms with van der Waals surface area (Å²) < 4.78 is 5.69. The van der Waals surface area contributed by atoms with Gasteiger partial charge in [-0.1, -0.05) is 0 Å². The minimum Gasteiger partial charge on any atom is -0.362 e. The summed E-state index contributed by atoms with van der Waals surface area (Å²) in [7, 11) is 3.48. The van der Waals surface area contributed by atoms with E-state index in [2.05, 4.69) is 14.9 Å². The average molecular weight is 264 g/mol. The minimum atomic E-state index is -0.819. The van der Waals surface area contributed by atoms with Crippen LogP contribution in [0.25, 0.3) is 0 Å². The molecule has 0 unspecified atom stereocenters. The van der Waals surface area contributed by atoms with Crippen molar-refractivity contribution in [1.29, 1.82) is 0 Å². The van der Waals surface area contributed by atoms with E-state index in [1.807, 2.05) is 19.9 Å². The Labute approximate surface area is 113 Å². The first-order valence-corrected chi connectivity index (χ1v) is 6.32. The maximum absolute atomic E-state index is 12.2. The van der Waals surface area contributed by atoms with Crippen LogP contribution in [-0.4, -0.2) is 60.2 Å². The van der Waals surface area contributed by atoms with E-state index in [-0.39, 0.29) is 5.91 Å². The molecule has 6 heteroatoms. The SMILES string of the molecule is Cc1cc(N2CCO[C@](C)(C(=O)N(C)C)C2)ncn1. The Morgan fingerprint density at radius 2 is 2.21 bits per heavy atom. The van der Waals surface area contributed by atoms with Crippen molar-refractivity contribution in [2.45, 2.75) is 19.4 Å². The standard InChI is InChI=1S/C13H20N4O2/c1-10-7-11(15-9-14-10)17-5-6-19-13(2,8-17)12(18)16(3)4/h7,9H,5-6,8H2,1-4H3/t13-/m0/s1. The van der Waals surface area contributed by atoms with Crippen LogP contribution in [0, 0.1) is 6.92 Å². The molecule has 0 saturated carbocycles. The summed E-state index contributed by atoms with van der Waals surface area (Å²) in [6, 6.07) is 1.92. The highest BCUT2D eigenvalue weighted by Crippen LogP contribution is 2.23. The molecule has 0 spiro atoms. The molecule has 1 aromatic heterocycles. The highest BCUT2D eigenvalue weighted by atomic mass is 16.5. The van der Waals surface area contributed by atoms with Crippen LogP contribution in [0.1, 0.15) is 12.6 Å². The number of carbonyl (C=O) groups is 1. The topological polar surface area (TPSA) is 58.6 Å². The molecule has 0 radical (unpaired) electrons. The average Bonchev–Trinajstić information content (AvgIpc) is 2.38. The second-order valence-electron chi connectivity index (χ2n) is 5.22. The van der Waals surface area contributed by atoms with Crippen LogP contribution < -0.4 is 4.90 Å². The zero-order valence-corrected chi connectivity index (χ0v) is 11.9. The molecule has 1 aliphatic rings. The number of morpholine rings is 1. The molecule has 0 bridgehead atoms. The van der Waals surface area contributed by atoms with Crippen LogP contribution in [0.5, 0.6) is 0 Å². The van der Waals surface area contributed by atoms with Gasteiger partial charge in [0.25, 0.3) is 5.91 Å². The summed E-state index contributed by atoms with van der Waals surface area (Å²) in [6.45, 7) is 5.50. The minimum absolute atomic E-state index is 0.0250. The van der Waals surface area contributed by atoms with Crippen LogP contribution in [0.4, 0.5) is 5.82 Å². The predicted octanol–water partition coefficient (Wildman–Crippen LogP) is 0.469. The molecule has 6 nitrogen and oxygen atoms in total. The van der Waals surface area contributed by atoms with Crippen molar-refractivity contribution in [2.24, 2.45) is 0 Å². The van der Waals surface area contributed by atoms with E-state index in [0.717, 1.165) is 18.1 Å². The summed E-state index contributed by atoms with van der Waals surface area (Å²) >= 11 is 0.